The molecule has 0 saturated heterocycles. The molecule has 0 atom stereocenters. The summed E-state index contributed by atoms with van der Waals surface area (Å²) in [6, 6.07) is 11.6. The van der Waals surface area contributed by atoms with Crippen molar-refractivity contribution in [2.75, 3.05) is 6.61 Å². The molecule has 1 amide bonds. The molecule has 9 heteroatoms. The number of hydrogen-bond donors (Lipinski definition) is 0. The summed E-state index contributed by atoms with van der Waals surface area (Å²) in [6.45, 7) is 6.08. The molecule has 4 aromatic rings. The van der Waals surface area contributed by atoms with Gasteiger partial charge in [-0.3, -0.25) is 14.0 Å². The minimum atomic E-state index is -0.681. The summed E-state index contributed by atoms with van der Waals surface area (Å²) in [5.74, 6) is -1.29. The molecule has 0 spiro atoms. The Bertz CT molecular complexity index is 1590. The van der Waals surface area contributed by atoms with Gasteiger partial charge in [-0.15, -0.1) is 0 Å². The Labute approximate surface area is 206 Å². The highest BCUT2D eigenvalue weighted by atomic mass is 35.5. The molecular formula is C26H25ClN4O4. The molecule has 3 aromatic heterocycles. The van der Waals surface area contributed by atoms with Crippen LogP contribution in [0.5, 0.6) is 0 Å². The van der Waals surface area contributed by atoms with Crippen molar-refractivity contribution in [1.29, 1.82) is 0 Å². The fourth-order valence-electron chi connectivity index (χ4n) is 3.89. The number of aryl methyl sites for hydroxylation is 2. The molecule has 0 N–H and O–H groups in total. The summed E-state index contributed by atoms with van der Waals surface area (Å²) in [5.41, 5.74) is 1.62. The van der Waals surface area contributed by atoms with Crippen molar-refractivity contribution < 1.29 is 14.3 Å². The molecule has 8 nitrogen and oxygen atoms in total. The molecule has 180 valence electrons. The molecule has 0 aliphatic carbocycles. The lowest BCUT2D eigenvalue weighted by molar-refractivity contribution is 0.0523. The average Bonchev–Trinajstić information content (AvgIpc) is 2.84. The second-order valence-corrected chi connectivity index (χ2v) is 8.45. The van der Waals surface area contributed by atoms with Crippen molar-refractivity contribution in [2.45, 2.75) is 40.2 Å². The number of rotatable bonds is 6. The van der Waals surface area contributed by atoms with E-state index in [4.69, 9.17) is 21.3 Å². The fourth-order valence-corrected chi connectivity index (χ4v) is 4.10. The number of halogens is 1. The highest BCUT2D eigenvalue weighted by Gasteiger charge is 2.21. The average molecular weight is 493 g/mol. The van der Waals surface area contributed by atoms with Gasteiger partial charge in [-0.2, -0.15) is 4.99 Å². The lowest BCUT2D eigenvalue weighted by Crippen LogP contribution is -2.33. The minimum absolute atomic E-state index is 0.0161. The zero-order valence-corrected chi connectivity index (χ0v) is 20.5. The van der Waals surface area contributed by atoms with E-state index in [1.807, 2.05) is 19.9 Å². The van der Waals surface area contributed by atoms with E-state index in [0.717, 1.165) is 12.0 Å². The second-order valence-electron chi connectivity index (χ2n) is 8.04. The van der Waals surface area contributed by atoms with Crippen LogP contribution in [0.15, 0.2) is 58.4 Å². The van der Waals surface area contributed by atoms with Crippen molar-refractivity contribution >= 4 is 40.2 Å². The number of pyridine rings is 2. The van der Waals surface area contributed by atoms with Crippen LogP contribution in [0.1, 0.15) is 53.0 Å². The van der Waals surface area contributed by atoms with E-state index in [9.17, 15) is 14.4 Å². The molecular weight excluding hydrogens is 468 g/mol. The first kappa shape index (κ1) is 24.3. The van der Waals surface area contributed by atoms with Crippen molar-refractivity contribution in [2.24, 2.45) is 4.99 Å². The van der Waals surface area contributed by atoms with Gasteiger partial charge in [0.05, 0.1) is 22.6 Å². The third-order valence-electron chi connectivity index (χ3n) is 5.65. The number of esters is 1. The van der Waals surface area contributed by atoms with Gasteiger partial charge in [0.1, 0.15) is 16.9 Å². The highest BCUT2D eigenvalue weighted by molar-refractivity contribution is 6.33. The summed E-state index contributed by atoms with van der Waals surface area (Å²) in [6.07, 6.45) is 3.18. The topological polar surface area (TPSA) is 95.0 Å². The number of carbonyl (C=O) groups excluding carboxylic acids is 2. The molecule has 0 unspecified atom stereocenters. The van der Waals surface area contributed by atoms with Crippen molar-refractivity contribution in [3.63, 3.8) is 0 Å². The fraction of sp³-hybridized carbons (Fsp3) is 0.269. The standard InChI is InChI=1S/C26H25ClN4O4/c1-4-6-13-30-22-18(25(33)31-14-9-10-16(3)21(31)28-22)15-19(26(34)35-5-2)23(30)29-24(32)17-11-7-8-12-20(17)27/h7-12,14-15H,4-6,13H2,1-3H3. The summed E-state index contributed by atoms with van der Waals surface area (Å²) in [5, 5.41) is 0.481. The number of ether oxygens (including phenoxy) is 1. The Morgan fingerprint density at radius 3 is 2.57 bits per heavy atom. The van der Waals surface area contributed by atoms with E-state index in [2.05, 4.69) is 4.99 Å². The Hall–Kier alpha value is -3.78. The maximum Gasteiger partial charge on any atom is 0.341 e. The number of carbonyl (C=O) groups is 2. The summed E-state index contributed by atoms with van der Waals surface area (Å²) in [4.78, 5) is 48.7. The van der Waals surface area contributed by atoms with Crippen LogP contribution in [-0.4, -0.2) is 32.4 Å². The van der Waals surface area contributed by atoms with E-state index in [1.165, 1.54) is 10.5 Å². The Morgan fingerprint density at radius 1 is 1.09 bits per heavy atom. The molecule has 0 aliphatic rings. The molecule has 0 saturated carbocycles. The number of unbranched alkanes of at least 4 members (excludes halogenated alkanes) is 1. The molecule has 0 fully saturated rings. The largest absolute Gasteiger partial charge is 0.462 e. The maximum atomic E-state index is 13.4. The monoisotopic (exact) mass is 492 g/mol. The number of fused-ring (bicyclic) bond motifs is 2. The predicted octanol–water partition coefficient (Wildman–Crippen LogP) is 4.33. The highest BCUT2D eigenvalue weighted by Crippen LogP contribution is 2.17. The van der Waals surface area contributed by atoms with Crippen LogP contribution < -0.4 is 11.0 Å². The summed E-state index contributed by atoms with van der Waals surface area (Å²) >= 11 is 6.22. The Balaban J connectivity index is 2.15. The van der Waals surface area contributed by atoms with E-state index in [1.54, 1.807) is 48.0 Å². The van der Waals surface area contributed by atoms with Gasteiger partial charge in [0.25, 0.3) is 11.5 Å². The molecule has 3 heterocycles. The summed E-state index contributed by atoms with van der Waals surface area (Å²) in [7, 11) is 0. The maximum absolute atomic E-state index is 13.4. The molecule has 0 radical (unpaired) electrons. The van der Waals surface area contributed by atoms with Crippen LogP contribution in [-0.2, 0) is 11.3 Å². The third-order valence-corrected chi connectivity index (χ3v) is 5.98. The van der Waals surface area contributed by atoms with Gasteiger partial charge in [0, 0.05) is 12.7 Å². The van der Waals surface area contributed by atoms with E-state index >= 15 is 0 Å². The van der Waals surface area contributed by atoms with E-state index in [0.29, 0.717) is 24.3 Å². The van der Waals surface area contributed by atoms with E-state index < -0.39 is 11.9 Å². The zero-order valence-electron chi connectivity index (χ0n) is 19.7. The minimum Gasteiger partial charge on any atom is -0.462 e. The van der Waals surface area contributed by atoms with E-state index in [-0.39, 0.29) is 39.2 Å². The predicted molar refractivity (Wildman–Crippen MR) is 134 cm³/mol. The van der Waals surface area contributed by atoms with Crippen LogP contribution in [0.4, 0.5) is 0 Å². The SMILES string of the molecule is CCCCn1c(=NC(=O)c2ccccc2Cl)c(C(=O)OCC)cc2c(=O)n3cccc(C)c3nc21. The van der Waals surface area contributed by atoms with Crippen LogP contribution >= 0.6 is 11.6 Å². The van der Waals surface area contributed by atoms with Crippen molar-refractivity contribution in [1.82, 2.24) is 14.0 Å². The number of amides is 1. The van der Waals surface area contributed by atoms with Gasteiger partial charge in [-0.1, -0.05) is 43.1 Å². The first-order valence-corrected chi connectivity index (χ1v) is 11.8. The zero-order chi connectivity index (χ0) is 25.1. The molecule has 35 heavy (non-hydrogen) atoms. The quantitative estimate of drug-likeness (QED) is 0.295. The van der Waals surface area contributed by atoms with Gasteiger partial charge in [-0.25, -0.2) is 9.78 Å². The second kappa shape index (κ2) is 10.2. The van der Waals surface area contributed by atoms with Crippen LogP contribution in [0.3, 0.4) is 0 Å². The lowest BCUT2D eigenvalue weighted by Gasteiger charge is -2.15. The van der Waals surface area contributed by atoms with Gasteiger partial charge in [0.15, 0.2) is 5.49 Å². The first-order valence-electron chi connectivity index (χ1n) is 11.4. The van der Waals surface area contributed by atoms with Gasteiger partial charge in [-0.05, 0) is 50.1 Å². The van der Waals surface area contributed by atoms with Crippen LogP contribution in [0, 0.1) is 6.92 Å². The molecule has 1 aromatic carbocycles. The summed E-state index contributed by atoms with van der Waals surface area (Å²) < 4.78 is 8.36. The molecule has 4 rings (SSSR count). The molecule has 0 bridgehead atoms. The smallest absolute Gasteiger partial charge is 0.341 e. The van der Waals surface area contributed by atoms with Crippen molar-refractivity contribution in [3.8, 4) is 0 Å². The number of hydrogen-bond acceptors (Lipinski definition) is 5. The van der Waals surface area contributed by atoms with Crippen LogP contribution in [0.25, 0.3) is 16.7 Å². The van der Waals surface area contributed by atoms with Gasteiger partial charge >= 0.3 is 5.97 Å². The number of nitrogens with zero attached hydrogens (tertiary/aromatic N) is 4. The van der Waals surface area contributed by atoms with Gasteiger partial charge in [0.2, 0.25) is 0 Å². The normalized spacial score (nSPS) is 11.8. The van der Waals surface area contributed by atoms with Crippen LogP contribution in [0.2, 0.25) is 5.02 Å². The first-order chi connectivity index (χ1) is 16.9. The van der Waals surface area contributed by atoms with Gasteiger partial charge < -0.3 is 9.30 Å². The molecule has 0 aliphatic heterocycles. The Kier molecular flexibility index (Phi) is 7.12. The number of benzene rings is 1. The Morgan fingerprint density at radius 2 is 1.86 bits per heavy atom. The van der Waals surface area contributed by atoms with Crippen molar-refractivity contribution in [3.05, 3.63) is 86.2 Å². The number of aromatic nitrogens is 3. The lowest BCUT2D eigenvalue weighted by atomic mass is 10.2. The third kappa shape index (κ3) is 4.61.